The third kappa shape index (κ3) is 5.11. The zero-order chi connectivity index (χ0) is 15.8. The van der Waals surface area contributed by atoms with Crippen LogP contribution in [0.1, 0.15) is 25.0 Å². The molecule has 0 saturated heterocycles. The number of hydrogen-bond acceptors (Lipinski definition) is 3. The first kappa shape index (κ1) is 17.0. The minimum Gasteiger partial charge on any atom is -0.384 e. The third-order valence-electron chi connectivity index (χ3n) is 3.53. The second-order valence-corrected chi connectivity index (χ2v) is 6.57. The van der Waals surface area contributed by atoms with Gasteiger partial charge in [0.25, 0.3) is 0 Å². The summed E-state index contributed by atoms with van der Waals surface area (Å²) in [6.07, 6.45) is 6.47. The molecule has 0 unspecified atom stereocenters. The van der Waals surface area contributed by atoms with E-state index in [-0.39, 0.29) is 0 Å². The van der Waals surface area contributed by atoms with E-state index in [4.69, 9.17) is 0 Å². The Morgan fingerprint density at radius 3 is 2.45 bits per heavy atom. The van der Waals surface area contributed by atoms with Crippen LogP contribution >= 0.6 is 22.5 Å². The molecule has 2 rings (SSSR count). The summed E-state index contributed by atoms with van der Waals surface area (Å²) in [7, 11) is 1.55. The molecule has 0 fully saturated rings. The minimum atomic E-state index is 0.934. The Morgan fingerprint density at radius 1 is 1.18 bits per heavy atom. The van der Waals surface area contributed by atoms with Crippen LogP contribution in [0.2, 0.25) is 0 Å². The Balaban J connectivity index is 2.04. The fraction of sp³-hybridized carbons (Fsp3) is 0.278. The Morgan fingerprint density at radius 2 is 1.86 bits per heavy atom. The molecule has 0 saturated carbocycles. The molecule has 116 valence electrons. The SMILES string of the molecule is CC[n+]1ccc(/C(C)=C/c2ccc(NCCSS)cc2)cc1. The van der Waals surface area contributed by atoms with Gasteiger partial charge in [-0.3, -0.25) is 0 Å². The fourth-order valence-electron chi connectivity index (χ4n) is 2.20. The number of aromatic nitrogens is 1. The fourth-order valence-corrected chi connectivity index (χ4v) is 2.67. The topological polar surface area (TPSA) is 15.9 Å². The molecule has 0 spiro atoms. The van der Waals surface area contributed by atoms with Crippen LogP contribution in [0, 0.1) is 0 Å². The smallest absolute Gasteiger partial charge is 0.169 e. The second kappa shape index (κ2) is 8.91. The number of nitrogens with one attached hydrogen (secondary N) is 1. The van der Waals surface area contributed by atoms with E-state index in [0.717, 1.165) is 24.5 Å². The summed E-state index contributed by atoms with van der Waals surface area (Å²) in [6.45, 7) is 6.24. The van der Waals surface area contributed by atoms with Crippen molar-refractivity contribution in [2.75, 3.05) is 17.6 Å². The van der Waals surface area contributed by atoms with Gasteiger partial charge >= 0.3 is 0 Å². The number of nitrogens with zero attached hydrogens (tertiary/aromatic N) is 1. The number of benzene rings is 1. The largest absolute Gasteiger partial charge is 0.384 e. The van der Waals surface area contributed by atoms with Crippen molar-refractivity contribution in [3.63, 3.8) is 0 Å². The van der Waals surface area contributed by atoms with Gasteiger partial charge in [-0.05, 0) is 42.7 Å². The summed E-state index contributed by atoms with van der Waals surface area (Å²) in [5.41, 5.74) is 4.91. The van der Waals surface area contributed by atoms with Crippen LogP contribution in [0.25, 0.3) is 11.6 Å². The van der Waals surface area contributed by atoms with Crippen molar-refractivity contribution in [3.8, 4) is 0 Å². The van der Waals surface area contributed by atoms with E-state index in [9.17, 15) is 0 Å². The Labute approximate surface area is 142 Å². The molecule has 1 N–H and O–H groups in total. The van der Waals surface area contributed by atoms with Crippen molar-refractivity contribution in [2.45, 2.75) is 20.4 Å². The van der Waals surface area contributed by atoms with Gasteiger partial charge in [-0.2, -0.15) is 0 Å². The van der Waals surface area contributed by atoms with E-state index in [0.29, 0.717) is 0 Å². The van der Waals surface area contributed by atoms with Crippen molar-refractivity contribution in [1.29, 1.82) is 0 Å². The maximum absolute atomic E-state index is 4.14. The van der Waals surface area contributed by atoms with E-state index in [1.807, 2.05) is 0 Å². The Hall–Kier alpha value is -1.39. The zero-order valence-corrected chi connectivity index (χ0v) is 14.8. The number of allylic oxidation sites excluding steroid dienone is 1. The number of hydrogen-bond donors (Lipinski definition) is 2. The molecular formula is C18H23N2S2+. The summed E-state index contributed by atoms with van der Waals surface area (Å²) >= 11 is 4.14. The van der Waals surface area contributed by atoms with Gasteiger partial charge in [0.1, 0.15) is 6.54 Å². The lowest BCUT2D eigenvalue weighted by atomic mass is 10.1. The number of anilines is 1. The number of rotatable bonds is 7. The third-order valence-corrected chi connectivity index (χ3v) is 4.46. The summed E-state index contributed by atoms with van der Waals surface area (Å²) in [6, 6.07) is 12.9. The lowest BCUT2D eigenvalue weighted by molar-refractivity contribution is -0.693. The maximum atomic E-state index is 4.14. The highest BCUT2D eigenvalue weighted by molar-refractivity contribution is 8.68. The van der Waals surface area contributed by atoms with Crippen LogP contribution in [0.5, 0.6) is 0 Å². The van der Waals surface area contributed by atoms with Crippen molar-refractivity contribution < 1.29 is 4.57 Å². The molecule has 0 atom stereocenters. The molecule has 2 nitrogen and oxygen atoms in total. The molecular weight excluding hydrogens is 308 g/mol. The van der Waals surface area contributed by atoms with Gasteiger partial charge in [0.2, 0.25) is 0 Å². The first-order valence-corrected chi connectivity index (χ1v) is 9.55. The second-order valence-electron chi connectivity index (χ2n) is 5.13. The van der Waals surface area contributed by atoms with Crippen molar-refractivity contribution >= 4 is 39.8 Å². The van der Waals surface area contributed by atoms with Gasteiger partial charge in [-0.25, -0.2) is 4.57 Å². The first-order chi connectivity index (χ1) is 10.7. The molecule has 0 aliphatic rings. The first-order valence-electron chi connectivity index (χ1n) is 7.51. The van der Waals surface area contributed by atoms with Crippen LogP contribution in [-0.2, 0) is 6.54 Å². The van der Waals surface area contributed by atoms with Crippen molar-refractivity contribution in [1.82, 2.24) is 0 Å². The van der Waals surface area contributed by atoms with E-state index in [1.54, 1.807) is 10.8 Å². The van der Waals surface area contributed by atoms with Crippen LogP contribution in [-0.4, -0.2) is 12.3 Å². The number of thiol groups is 1. The monoisotopic (exact) mass is 331 g/mol. The summed E-state index contributed by atoms with van der Waals surface area (Å²) in [5, 5.41) is 3.38. The van der Waals surface area contributed by atoms with E-state index < -0.39 is 0 Å². The normalized spacial score (nSPS) is 11.5. The molecule has 1 aromatic carbocycles. The van der Waals surface area contributed by atoms with Gasteiger partial charge in [-0.15, -0.1) is 11.7 Å². The van der Waals surface area contributed by atoms with Crippen LogP contribution in [0.4, 0.5) is 5.69 Å². The zero-order valence-electron chi connectivity index (χ0n) is 13.1. The predicted octanol–water partition coefficient (Wildman–Crippen LogP) is 4.54. The molecule has 4 heteroatoms. The van der Waals surface area contributed by atoms with Crippen LogP contribution < -0.4 is 9.88 Å². The van der Waals surface area contributed by atoms with Crippen molar-refractivity contribution in [3.05, 3.63) is 59.9 Å². The average Bonchev–Trinajstić information content (AvgIpc) is 2.57. The molecule has 0 radical (unpaired) electrons. The highest BCUT2D eigenvalue weighted by atomic mass is 33.1. The standard InChI is InChI=1S/C18H22N2S2/c1-3-20-11-8-17(9-12-20)15(2)14-16-4-6-18(7-5-16)19-10-13-22-21/h4-9,11-12,14,21H,3,10,13H2,1-2H3/p+1. The minimum absolute atomic E-state index is 0.934. The molecule has 1 heterocycles. The lowest BCUT2D eigenvalue weighted by Crippen LogP contribution is -2.30. The molecule has 2 aromatic rings. The predicted molar refractivity (Wildman–Crippen MR) is 102 cm³/mol. The Kier molecular flexibility index (Phi) is 6.87. The van der Waals surface area contributed by atoms with E-state index >= 15 is 0 Å². The summed E-state index contributed by atoms with van der Waals surface area (Å²) < 4.78 is 2.17. The number of pyridine rings is 1. The molecule has 0 aliphatic heterocycles. The van der Waals surface area contributed by atoms with Crippen molar-refractivity contribution in [2.24, 2.45) is 0 Å². The average molecular weight is 332 g/mol. The molecule has 1 aromatic heterocycles. The van der Waals surface area contributed by atoms with Crippen LogP contribution in [0.3, 0.4) is 0 Å². The molecule has 0 bridgehead atoms. The Bertz CT molecular complexity index is 604. The summed E-state index contributed by atoms with van der Waals surface area (Å²) in [4.78, 5) is 0. The van der Waals surface area contributed by atoms with Gasteiger partial charge in [0, 0.05) is 30.1 Å². The molecule has 22 heavy (non-hydrogen) atoms. The van der Waals surface area contributed by atoms with E-state index in [1.165, 1.54) is 16.7 Å². The van der Waals surface area contributed by atoms with Gasteiger partial charge in [0.15, 0.2) is 12.4 Å². The molecule has 0 amide bonds. The van der Waals surface area contributed by atoms with E-state index in [2.05, 4.69) is 90.3 Å². The van der Waals surface area contributed by atoms with Gasteiger partial charge in [-0.1, -0.05) is 29.0 Å². The highest BCUT2D eigenvalue weighted by Crippen LogP contribution is 2.18. The maximum Gasteiger partial charge on any atom is 0.169 e. The lowest BCUT2D eigenvalue weighted by Gasteiger charge is -2.06. The quantitative estimate of drug-likeness (QED) is 0.335. The number of aryl methyl sites for hydroxylation is 1. The van der Waals surface area contributed by atoms with Gasteiger partial charge in [0.05, 0.1) is 0 Å². The molecule has 0 aliphatic carbocycles. The summed E-state index contributed by atoms with van der Waals surface area (Å²) in [5.74, 6) is 0.996. The van der Waals surface area contributed by atoms with Crippen LogP contribution in [0.15, 0.2) is 48.8 Å². The highest BCUT2D eigenvalue weighted by Gasteiger charge is 2.00. The van der Waals surface area contributed by atoms with Gasteiger partial charge < -0.3 is 5.32 Å².